The maximum absolute atomic E-state index is 14.8. The summed E-state index contributed by atoms with van der Waals surface area (Å²) in [7, 11) is 1.58. The number of benzene rings is 3. The van der Waals surface area contributed by atoms with Crippen LogP contribution in [0.2, 0.25) is 10.0 Å². The number of carbonyl (C=O) groups is 1. The second-order valence-corrected chi connectivity index (χ2v) is 9.96. The van der Waals surface area contributed by atoms with Gasteiger partial charge in [0.1, 0.15) is 17.3 Å². The average Bonchev–Trinajstić information content (AvgIpc) is 3.35. The van der Waals surface area contributed by atoms with Gasteiger partial charge in [0.05, 0.1) is 33.3 Å². The number of hydrogen-bond donors (Lipinski definition) is 3. The molecule has 0 aliphatic heterocycles. The molecule has 0 saturated carbocycles. The molecule has 7 nitrogen and oxygen atoms in total. The Morgan fingerprint density at radius 2 is 1.90 bits per heavy atom. The zero-order valence-corrected chi connectivity index (χ0v) is 22.8. The zero-order chi connectivity index (χ0) is 27.4. The normalized spacial score (nSPS) is 10.9. The molecule has 0 fully saturated rings. The van der Waals surface area contributed by atoms with Crippen LogP contribution in [-0.2, 0) is 6.54 Å². The van der Waals surface area contributed by atoms with Crippen molar-refractivity contribution in [1.82, 2.24) is 15.3 Å². The van der Waals surface area contributed by atoms with Crippen LogP contribution in [0.5, 0.6) is 17.4 Å². The van der Waals surface area contributed by atoms with E-state index in [2.05, 4.69) is 20.0 Å². The predicted molar refractivity (Wildman–Crippen MR) is 153 cm³/mol. The molecule has 3 N–H and O–H groups in total. The number of methoxy groups -OCH3 is 1. The van der Waals surface area contributed by atoms with Gasteiger partial charge in [-0.25, -0.2) is 9.37 Å². The van der Waals surface area contributed by atoms with Gasteiger partial charge in [-0.2, -0.15) is 0 Å². The summed E-state index contributed by atoms with van der Waals surface area (Å²) in [6.07, 6.45) is 3.25. The van der Waals surface area contributed by atoms with Gasteiger partial charge in [0.15, 0.2) is 0 Å². The number of amides is 1. The molecule has 0 aliphatic rings. The summed E-state index contributed by atoms with van der Waals surface area (Å²) in [6, 6.07) is 18.5. The molecule has 0 saturated heterocycles. The number of nitrogens with one attached hydrogen (secondary N) is 3. The lowest BCUT2D eigenvalue weighted by Gasteiger charge is -2.10. The quantitative estimate of drug-likeness (QED) is 0.153. The molecule has 5 aromatic rings. The van der Waals surface area contributed by atoms with Crippen molar-refractivity contribution in [1.29, 1.82) is 0 Å². The van der Waals surface area contributed by atoms with E-state index in [0.29, 0.717) is 48.9 Å². The van der Waals surface area contributed by atoms with Crippen molar-refractivity contribution >= 4 is 57.6 Å². The minimum atomic E-state index is -0.532. The molecular formula is C28H21Cl2FN4O3S. The van der Waals surface area contributed by atoms with E-state index in [1.165, 1.54) is 6.07 Å². The van der Waals surface area contributed by atoms with E-state index < -0.39 is 11.7 Å². The molecule has 3 aromatic carbocycles. The summed E-state index contributed by atoms with van der Waals surface area (Å²) in [5.74, 6) is 0.736. The molecule has 0 spiro atoms. The predicted octanol–water partition coefficient (Wildman–Crippen LogP) is 7.86. The van der Waals surface area contributed by atoms with Crippen molar-refractivity contribution in [3.8, 4) is 17.4 Å². The molecule has 0 radical (unpaired) electrons. The molecule has 2 aromatic heterocycles. The van der Waals surface area contributed by atoms with E-state index in [0.717, 1.165) is 17.5 Å². The first kappa shape index (κ1) is 26.7. The highest BCUT2D eigenvalue weighted by Gasteiger charge is 2.13. The summed E-state index contributed by atoms with van der Waals surface area (Å²) in [6.45, 7) is 0.218. The minimum Gasteiger partial charge on any atom is -0.497 e. The topological polar surface area (TPSA) is 88.3 Å². The van der Waals surface area contributed by atoms with Crippen molar-refractivity contribution in [3.05, 3.63) is 106 Å². The van der Waals surface area contributed by atoms with Gasteiger partial charge in [-0.3, -0.25) is 4.79 Å². The van der Waals surface area contributed by atoms with Crippen molar-refractivity contribution in [3.63, 3.8) is 0 Å². The average molecular weight is 583 g/mol. The van der Waals surface area contributed by atoms with E-state index in [1.54, 1.807) is 68.0 Å². The van der Waals surface area contributed by atoms with Gasteiger partial charge in [0, 0.05) is 42.0 Å². The zero-order valence-electron chi connectivity index (χ0n) is 20.4. The molecule has 2 heterocycles. The second kappa shape index (κ2) is 11.9. The van der Waals surface area contributed by atoms with E-state index in [4.69, 9.17) is 32.7 Å². The molecule has 1 amide bonds. The molecule has 0 aliphatic carbocycles. The number of pyridine rings is 1. The highest BCUT2D eigenvalue weighted by atomic mass is 35.5. The van der Waals surface area contributed by atoms with Crippen molar-refractivity contribution in [2.75, 3.05) is 11.8 Å². The summed E-state index contributed by atoms with van der Waals surface area (Å²) in [4.78, 5) is 20.3. The number of carbonyl (C=O) groups excluding carboxylic acids is 1. The smallest absolute Gasteiger partial charge is 0.251 e. The van der Waals surface area contributed by atoms with Crippen LogP contribution in [0.25, 0.3) is 10.9 Å². The number of halogens is 3. The van der Waals surface area contributed by atoms with Gasteiger partial charge < -0.3 is 24.5 Å². The lowest BCUT2D eigenvalue weighted by Crippen LogP contribution is -2.23. The Morgan fingerprint density at radius 1 is 1.05 bits per heavy atom. The molecule has 0 bridgehead atoms. The Labute approximate surface area is 237 Å². The SMILES string of the molecule is COc1cccc(Oc2ccc(CNC(=O)c3ccc(SNc4ccc(Cl)c5c(Cl)c[nH]c45)c(F)c3)cn2)c1. The number of rotatable bonds is 9. The summed E-state index contributed by atoms with van der Waals surface area (Å²) >= 11 is 13.5. The van der Waals surface area contributed by atoms with Crippen molar-refractivity contribution in [2.45, 2.75) is 11.4 Å². The molecule has 11 heteroatoms. The Hall–Kier alpha value is -3.92. The van der Waals surface area contributed by atoms with Crippen molar-refractivity contribution in [2.24, 2.45) is 0 Å². The third-order valence-corrected chi connectivity index (χ3v) is 7.20. The van der Waals surface area contributed by atoms with E-state index in [9.17, 15) is 9.18 Å². The van der Waals surface area contributed by atoms with Crippen LogP contribution in [0.3, 0.4) is 0 Å². The fourth-order valence-corrected chi connectivity index (χ4v) is 4.97. The monoisotopic (exact) mass is 582 g/mol. The first-order chi connectivity index (χ1) is 18.9. The number of hydrogen-bond acceptors (Lipinski definition) is 6. The first-order valence-corrected chi connectivity index (χ1v) is 13.2. The number of anilines is 1. The van der Waals surface area contributed by atoms with Gasteiger partial charge in [0.25, 0.3) is 5.91 Å². The summed E-state index contributed by atoms with van der Waals surface area (Å²) in [5.41, 5.74) is 2.37. The maximum atomic E-state index is 14.8. The number of ether oxygens (including phenoxy) is 2. The van der Waals surface area contributed by atoms with Crippen LogP contribution < -0.4 is 19.5 Å². The minimum absolute atomic E-state index is 0.202. The Kier molecular flexibility index (Phi) is 8.11. The summed E-state index contributed by atoms with van der Waals surface area (Å²) < 4.78 is 28.8. The highest BCUT2D eigenvalue weighted by molar-refractivity contribution is 8.00. The number of aromatic nitrogens is 2. The molecule has 0 atom stereocenters. The largest absolute Gasteiger partial charge is 0.497 e. The van der Waals surface area contributed by atoms with Crippen LogP contribution in [0.4, 0.5) is 10.1 Å². The van der Waals surface area contributed by atoms with Crippen LogP contribution in [0, 0.1) is 5.82 Å². The number of fused-ring (bicyclic) bond motifs is 1. The molecule has 5 rings (SSSR count). The molecule has 39 heavy (non-hydrogen) atoms. The third-order valence-electron chi connectivity index (χ3n) is 5.72. The van der Waals surface area contributed by atoms with Crippen LogP contribution in [0.15, 0.2) is 84.0 Å². The lowest BCUT2D eigenvalue weighted by atomic mass is 10.2. The van der Waals surface area contributed by atoms with Gasteiger partial charge >= 0.3 is 0 Å². The van der Waals surface area contributed by atoms with E-state index in [1.807, 2.05) is 12.1 Å². The Balaban J connectivity index is 1.17. The Bertz CT molecular complexity index is 1650. The van der Waals surface area contributed by atoms with Gasteiger partial charge in [0.2, 0.25) is 5.88 Å². The Morgan fingerprint density at radius 3 is 2.67 bits per heavy atom. The van der Waals surface area contributed by atoms with E-state index in [-0.39, 0.29) is 12.1 Å². The highest BCUT2D eigenvalue weighted by Crippen LogP contribution is 2.36. The number of aromatic amines is 1. The number of nitrogens with zero attached hydrogens (tertiary/aromatic N) is 1. The van der Waals surface area contributed by atoms with Crippen LogP contribution in [-0.4, -0.2) is 23.0 Å². The molecule has 198 valence electrons. The van der Waals surface area contributed by atoms with Crippen molar-refractivity contribution < 1.29 is 18.7 Å². The van der Waals surface area contributed by atoms with Crippen LogP contribution in [0.1, 0.15) is 15.9 Å². The maximum Gasteiger partial charge on any atom is 0.251 e. The van der Waals surface area contributed by atoms with Gasteiger partial charge in [-0.1, -0.05) is 35.3 Å². The number of H-pyrrole nitrogens is 1. The fourth-order valence-electron chi connectivity index (χ4n) is 3.73. The summed E-state index contributed by atoms with van der Waals surface area (Å²) in [5, 5.41) is 4.48. The van der Waals surface area contributed by atoms with Gasteiger partial charge in [-0.15, -0.1) is 0 Å². The molecular weight excluding hydrogens is 562 g/mol. The lowest BCUT2D eigenvalue weighted by molar-refractivity contribution is 0.0950. The second-order valence-electron chi connectivity index (χ2n) is 8.30. The first-order valence-electron chi connectivity index (χ1n) is 11.6. The van der Waals surface area contributed by atoms with E-state index >= 15 is 0 Å². The third kappa shape index (κ3) is 6.22. The standard InChI is InChI=1S/C28H21Cl2FN4O3S/c1-37-18-3-2-4-19(12-18)38-25-10-5-16(13-32-25)14-34-28(36)17-6-9-24(22(31)11-17)39-35-23-8-7-20(29)26-21(30)15-33-27(23)26/h2-13,15,33,35H,14H2,1H3,(H,34,36). The van der Waals surface area contributed by atoms with Crippen LogP contribution >= 0.6 is 35.1 Å². The molecule has 0 unspecified atom stereocenters. The van der Waals surface area contributed by atoms with Gasteiger partial charge in [-0.05, 0) is 60.0 Å². The fraction of sp³-hybridized carbons (Fsp3) is 0.0714.